The van der Waals surface area contributed by atoms with Gasteiger partial charge in [0.15, 0.2) is 0 Å². The van der Waals surface area contributed by atoms with Crippen molar-refractivity contribution in [2.24, 2.45) is 0 Å². The third-order valence-corrected chi connectivity index (χ3v) is 3.75. The lowest BCUT2D eigenvalue weighted by atomic mass is 10.0. The maximum Gasteiger partial charge on any atom is 0.226 e. The maximum absolute atomic E-state index is 13.6. The Hall–Kier alpha value is -3.02. The number of allylic oxidation sites excluding steroid dienone is 1. The van der Waals surface area contributed by atoms with Crippen LogP contribution in [0.5, 0.6) is 0 Å². The Balaban J connectivity index is 1.81. The van der Waals surface area contributed by atoms with Gasteiger partial charge in [0.05, 0.1) is 0 Å². The number of aromatic nitrogens is 3. The number of anilines is 1. The van der Waals surface area contributed by atoms with E-state index < -0.39 is 0 Å². The van der Waals surface area contributed by atoms with E-state index in [4.69, 9.17) is 0 Å². The molecule has 0 aliphatic carbocycles. The molecule has 1 aliphatic heterocycles. The molecule has 23 heavy (non-hydrogen) atoms. The molecule has 0 saturated carbocycles. The molecule has 1 atom stereocenters. The van der Waals surface area contributed by atoms with Gasteiger partial charge in [-0.25, -0.2) is 13.5 Å². The van der Waals surface area contributed by atoms with Gasteiger partial charge in [0.25, 0.3) is 0 Å². The van der Waals surface area contributed by atoms with Crippen LogP contribution in [-0.2, 0) is 0 Å². The lowest BCUT2D eigenvalue weighted by molar-refractivity contribution is 0.593. The molecule has 6 heteroatoms. The first-order chi connectivity index (χ1) is 11.2. The smallest absolute Gasteiger partial charge is 0.226 e. The molecular formula is C17H12F2N4. The highest BCUT2D eigenvalue weighted by Gasteiger charge is 2.23. The average Bonchev–Trinajstić information content (AvgIpc) is 3.03. The third kappa shape index (κ3) is 2.48. The van der Waals surface area contributed by atoms with Crippen LogP contribution in [-0.4, -0.2) is 14.8 Å². The molecule has 1 N–H and O–H groups in total. The lowest BCUT2D eigenvalue weighted by Crippen LogP contribution is -2.20. The van der Waals surface area contributed by atoms with Crippen molar-refractivity contribution >= 4 is 11.6 Å². The van der Waals surface area contributed by atoms with Crippen LogP contribution in [0.1, 0.15) is 17.2 Å². The van der Waals surface area contributed by atoms with Crippen molar-refractivity contribution in [1.29, 1.82) is 0 Å². The summed E-state index contributed by atoms with van der Waals surface area (Å²) in [5.41, 5.74) is 2.36. The summed E-state index contributed by atoms with van der Waals surface area (Å²) in [6, 6.07) is 12.2. The summed E-state index contributed by atoms with van der Waals surface area (Å²) < 4.78 is 28.4. The lowest BCUT2D eigenvalue weighted by Gasteiger charge is -2.24. The van der Waals surface area contributed by atoms with Crippen LogP contribution in [0.15, 0.2) is 60.9 Å². The molecule has 1 aliphatic rings. The number of halogens is 2. The zero-order chi connectivity index (χ0) is 15.8. The second kappa shape index (κ2) is 5.31. The molecule has 1 aromatic heterocycles. The fourth-order valence-corrected chi connectivity index (χ4v) is 2.66. The second-order valence-electron chi connectivity index (χ2n) is 5.24. The van der Waals surface area contributed by atoms with E-state index in [2.05, 4.69) is 15.4 Å². The average molecular weight is 310 g/mol. The van der Waals surface area contributed by atoms with E-state index in [-0.39, 0.29) is 17.7 Å². The first-order valence-corrected chi connectivity index (χ1v) is 7.10. The summed E-state index contributed by atoms with van der Waals surface area (Å²) in [6.07, 6.45) is 3.36. The highest BCUT2D eigenvalue weighted by molar-refractivity contribution is 5.77. The SMILES string of the molecule is Fc1ccc(C2=C[C@H](c3cccc(F)c3)n3ncnc3N2)cc1. The third-order valence-electron chi connectivity index (χ3n) is 3.75. The standard InChI is InChI=1S/C17H12F2N4/c18-13-6-4-11(5-7-13)15-9-16(12-2-1-3-14(19)8-12)23-17(22-15)20-10-21-23/h1-10,16H,(H,20,21,22)/t16-/m1/s1. The first kappa shape index (κ1) is 13.6. The van der Waals surface area contributed by atoms with Gasteiger partial charge in [0.2, 0.25) is 5.95 Å². The van der Waals surface area contributed by atoms with E-state index in [0.29, 0.717) is 5.95 Å². The van der Waals surface area contributed by atoms with Crippen LogP contribution in [0.25, 0.3) is 5.70 Å². The molecule has 0 radical (unpaired) electrons. The topological polar surface area (TPSA) is 42.7 Å². The molecule has 2 heterocycles. The molecular weight excluding hydrogens is 298 g/mol. The quantitative estimate of drug-likeness (QED) is 0.786. The molecule has 0 saturated heterocycles. The number of hydrogen-bond donors (Lipinski definition) is 1. The van der Waals surface area contributed by atoms with Crippen LogP contribution in [0.2, 0.25) is 0 Å². The Labute approximate surface area is 131 Å². The van der Waals surface area contributed by atoms with E-state index >= 15 is 0 Å². The van der Waals surface area contributed by atoms with Crippen molar-refractivity contribution in [2.75, 3.05) is 5.32 Å². The van der Waals surface area contributed by atoms with Crippen LogP contribution in [0, 0.1) is 11.6 Å². The van der Waals surface area contributed by atoms with Gasteiger partial charge in [-0.2, -0.15) is 10.1 Å². The van der Waals surface area contributed by atoms with Gasteiger partial charge in [0, 0.05) is 5.70 Å². The summed E-state index contributed by atoms with van der Waals surface area (Å²) in [6.45, 7) is 0. The number of fused-ring (bicyclic) bond motifs is 1. The number of hydrogen-bond acceptors (Lipinski definition) is 3. The van der Waals surface area contributed by atoms with Gasteiger partial charge >= 0.3 is 0 Å². The van der Waals surface area contributed by atoms with E-state index in [1.54, 1.807) is 22.9 Å². The zero-order valence-electron chi connectivity index (χ0n) is 11.9. The monoisotopic (exact) mass is 310 g/mol. The first-order valence-electron chi connectivity index (χ1n) is 7.10. The van der Waals surface area contributed by atoms with E-state index in [1.807, 2.05) is 12.1 Å². The maximum atomic E-state index is 13.6. The number of benzene rings is 2. The van der Waals surface area contributed by atoms with E-state index in [9.17, 15) is 8.78 Å². The molecule has 3 aromatic rings. The van der Waals surface area contributed by atoms with E-state index in [1.165, 1.54) is 30.6 Å². The summed E-state index contributed by atoms with van der Waals surface area (Å²) >= 11 is 0. The fourth-order valence-electron chi connectivity index (χ4n) is 2.66. The van der Waals surface area contributed by atoms with Crippen LogP contribution < -0.4 is 5.32 Å². The normalized spacial score (nSPS) is 16.4. The predicted octanol–water partition coefficient (Wildman–Crippen LogP) is 3.61. The molecule has 0 spiro atoms. The van der Waals surface area contributed by atoms with Crippen molar-refractivity contribution in [1.82, 2.24) is 14.8 Å². The van der Waals surface area contributed by atoms with Crippen molar-refractivity contribution in [3.05, 3.63) is 83.7 Å². The van der Waals surface area contributed by atoms with Gasteiger partial charge in [-0.3, -0.25) is 0 Å². The van der Waals surface area contributed by atoms with Crippen molar-refractivity contribution < 1.29 is 8.78 Å². The number of nitrogens with one attached hydrogen (secondary N) is 1. The molecule has 4 nitrogen and oxygen atoms in total. The number of rotatable bonds is 2. The Morgan fingerprint density at radius 1 is 1.00 bits per heavy atom. The van der Waals surface area contributed by atoms with E-state index in [0.717, 1.165) is 16.8 Å². The molecule has 0 fully saturated rings. The molecule has 0 bridgehead atoms. The van der Waals surface area contributed by atoms with Gasteiger partial charge in [-0.15, -0.1) is 0 Å². The summed E-state index contributed by atoms with van der Waals surface area (Å²) in [7, 11) is 0. The molecule has 4 rings (SSSR count). The molecule has 114 valence electrons. The van der Waals surface area contributed by atoms with Gasteiger partial charge < -0.3 is 5.32 Å². The van der Waals surface area contributed by atoms with Crippen LogP contribution in [0.3, 0.4) is 0 Å². The second-order valence-corrected chi connectivity index (χ2v) is 5.24. The minimum atomic E-state index is -0.306. The highest BCUT2D eigenvalue weighted by Crippen LogP contribution is 2.32. The highest BCUT2D eigenvalue weighted by atomic mass is 19.1. The Morgan fingerprint density at radius 3 is 2.61 bits per heavy atom. The summed E-state index contributed by atoms with van der Waals surface area (Å²) in [5.74, 6) is -0.0458. The molecule has 0 amide bonds. The van der Waals surface area contributed by atoms with Crippen LogP contribution >= 0.6 is 0 Å². The minimum absolute atomic E-state index is 0.287. The van der Waals surface area contributed by atoms with Gasteiger partial charge in [0.1, 0.15) is 24.0 Å². The fraction of sp³-hybridized carbons (Fsp3) is 0.0588. The Kier molecular flexibility index (Phi) is 3.15. The van der Waals surface area contributed by atoms with Crippen LogP contribution in [0.4, 0.5) is 14.7 Å². The van der Waals surface area contributed by atoms with Gasteiger partial charge in [-0.1, -0.05) is 12.1 Å². The molecule has 0 unspecified atom stereocenters. The van der Waals surface area contributed by atoms with Gasteiger partial charge in [-0.05, 0) is 53.6 Å². The summed E-state index contributed by atoms with van der Waals surface area (Å²) in [4.78, 5) is 4.18. The summed E-state index contributed by atoms with van der Waals surface area (Å²) in [5, 5.41) is 7.36. The Morgan fingerprint density at radius 2 is 1.83 bits per heavy atom. The molecule has 2 aromatic carbocycles. The van der Waals surface area contributed by atoms with Crippen molar-refractivity contribution in [2.45, 2.75) is 6.04 Å². The van der Waals surface area contributed by atoms with Crippen molar-refractivity contribution in [3.63, 3.8) is 0 Å². The largest absolute Gasteiger partial charge is 0.324 e. The van der Waals surface area contributed by atoms with Crippen molar-refractivity contribution in [3.8, 4) is 0 Å². The predicted molar refractivity (Wildman–Crippen MR) is 82.6 cm³/mol. The zero-order valence-corrected chi connectivity index (χ0v) is 11.9. The minimum Gasteiger partial charge on any atom is -0.324 e. The Bertz CT molecular complexity index is 884. The number of nitrogens with zero attached hydrogens (tertiary/aromatic N) is 3.